The lowest BCUT2D eigenvalue weighted by Crippen LogP contribution is -2.44. The summed E-state index contributed by atoms with van der Waals surface area (Å²) in [5, 5.41) is 19.9. The van der Waals surface area contributed by atoms with Crippen molar-refractivity contribution in [3.05, 3.63) is 53.2 Å². The van der Waals surface area contributed by atoms with Gasteiger partial charge in [-0.1, -0.05) is 31.2 Å². The first-order valence-electron chi connectivity index (χ1n) is 13.4. The van der Waals surface area contributed by atoms with E-state index in [9.17, 15) is 14.7 Å². The number of rotatable bonds is 11. The van der Waals surface area contributed by atoms with Crippen LogP contribution in [-0.4, -0.2) is 59.6 Å². The van der Waals surface area contributed by atoms with Crippen molar-refractivity contribution >= 4 is 23.4 Å². The fraction of sp³-hybridized carbons (Fsp3) is 0.536. The van der Waals surface area contributed by atoms with Crippen molar-refractivity contribution in [3.63, 3.8) is 0 Å². The largest absolute Gasteiger partial charge is 0.480 e. The van der Waals surface area contributed by atoms with E-state index in [0.717, 1.165) is 68.0 Å². The second-order valence-electron chi connectivity index (χ2n) is 9.80. The van der Waals surface area contributed by atoms with E-state index >= 15 is 0 Å². The van der Waals surface area contributed by atoms with Crippen molar-refractivity contribution in [1.29, 1.82) is 0 Å². The molecule has 0 saturated carbocycles. The lowest BCUT2D eigenvalue weighted by atomic mass is 9.93. The van der Waals surface area contributed by atoms with E-state index in [1.54, 1.807) is 0 Å². The maximum absolute atomic E-state index is 12.8. The van der Waals surface area contributed by atoms with E-state index in [4.69, 9.17) is 4.98 Å². The Hall–Kier alpha value is -3.13. The molecule has 3 heterocycles. The summed E-state index contributed by atoms with van der Waals surface area (Å²) in [4.78, 5) is 31.7. The standard InChI is InChI=1S/C28H39N5O3/c1-2-15-29-24-10-4-3-9-23(24)25(28(35)36)33-18-13-21(14-19-33)27(34)31-17-6-8-22-12-11-20-7-5-16-30-26(20)32-22/h3-4,9-12,21,25,29H,2,5-8,13-19H2,1H3,(H,30,32)(H,31,34)(H,35,36). The van der Waals surface area contributed by atoms with E-state index in [2.05, 4.69) is 35.0 Å². The van der Waals surface area contributed by atoms with Crippen molar-refractivity contribution in [2.24, 2.45) is 5.92 Å². The topological polar surface area (TPSA) is 107 Å². The third-order valence-corrected chi connectivity index (χ3v) is 7.18. The fourth-order valence-electron chi connectivity index (χ4n) is 5.20. The van der Waals surface area contributed by atoms with Gasteiger partial charge in [-0.05, 0) is 62.6 Å². The van der Waals surface area contributed by atoms with Gasteiger partial charge in [-0.25, -0.2) is 4.98 Å². The Balaban J connectivity index is 1.24. The number of benzene rings is 1. The quantitative estimate of drug-likeness (QED) is 0.352. The van der Waals surface area contributed by atoms with Crippen LogP contribution in [0.2, 0.25) is 0 Å². The molecule has 1 saturated heterocycles. The van der Waals surface area contributed by atoms with E-state index in [1.165, 1.54) is 5.56 Å². The number of fused-ring (bicyclic) bond motifs is 1. The molecule has 8 heteroatoms. The number of piperidine rings is 1. The number of likely N-dealkylation sites (tertiary alicyclic amines) is 1. The molecule has 1 aromatic heterocycles. The molecule has 194 valence electrons. The van der Waals surface area contributed by atoms with Crippen LogP contribution >= 0.6 is 0 Å². The molecule has 4 rings (SSSR count). The molecule has 1 fully saturated rings. The Morgan fingerprint density at radius 3 is 2.75 bits per heavy atom. The number of carbonyl (C=O) groups excluding carboxylic acids is 1. The van der Waals surface area contributed by atoms with Crippen molar-refractivity contribution in [3.8, 4) is 0 Å². The van der Waals surface area contributed by atoms with Gasteiger partial charge in [-0.3, -0.25) is 14.5 Å². The first kappa shape index (κ1) is 25.9. The average Bonchev–Trinajstić information content (AvgIpc) is 2.90. The number of anilines is 2. The summed E-state index contributed by atoms with van der Waals surface area (Å²) in [6, 6.07) is 11.2. The second kappa shape index (κ2) is 12.7. The Morgan fingerprint density at radius 1 is 1.17 bits per heavy atom. The van der Waals surface area contributed by atoms with Gasteiger partial charge in [-0.15, -0.1) is 0 Å². The minimum absolute atomic E-state index is 0.0739. The van der Waals surface area contributed by atoms with Crippen molar-refractivity contribution < 1.29 is 14.7 Å². The van der Waals surface area contributed by atoms with E-state index in [0.29, 0.717) is 32.5 Å². The maximum Gasteiger partial charge on any atom is 0.325 e. The molecule has 1 atom stereocenters. The van der Waals surface area contributed by atoms with E-state index in [-0.39, 0.29) is 11.8 Å². The highest BCUT2D eigenvalue weighted by Crippen LogP contribution is 2.31. The summed E-state index contributed by atoms with van der Waals surface area (Å²) in [6.07, 6.45) is 6.21. The number of aromatic nitrogens is 1. The van der Waals surface area contributed by atoms with Gasteiger partial charge >= 0.3 is 5.97 Å². The van der Waals surface area contributed by atoms with Crippen LogP contribution < -0.4 is 16.0 Å². The predicted octanol–water partition coefficient (Wildman–Crippen LogP) is 3.85. The normalized spacial score (nSPS) is 17.0. The number of nitrogens with zero attached hydrogens (tertiary/aromatic N) is 2. The fourth-order valence-corrected chi connectivity index (χ4v) is 5.20. The molecule has 1 aromatic carbocycles. The molecule has 1 amide bonds. The lowest BCUT2D eigenvalue weighted by molar-refractivity contribution is -0.144. The van der Waals surface area contributed by atoms with Crippen molar-refractivity contribution in [1.82, 2.24) is 15.2 Å². The molecule has 2 aliphatic heterocycles. The zero-order valence-corrected chi connectivity index (χ0v) is 21.3. The van der Waals surface area contributed by atoms with Crippen LogP contribution in [0, 0.1) is 5.92 Å². The number of carboxylic acids is 1. The number of aliphatic carboxylic acids is 1. The summed E-state index contributed by atoms with van der Waals surface area (Å²) in [6.45, 7) is 5.66. The lowest BCUT2D eigenvalue weighted by Gasteiger charge is -2.36. The third kappa shape index (κ3) is 6.55. The summed E-state index contributed by atoms with van der Waals surface area (Å²) < 4.78 is 0. The van der Waals surface area contributed by atoms with Gasteiger partial charge in [0, 0.05) is 55.6 Å². The summed E-state index contributed by atoms with van der Waals surface area (Å²) in [7, 11) is 0. The Kier molecular flexibility index (Phi) is 9.17. The minimum Gasteiger partial charge on any atom is -0.480 e. The van der Waals surface area contributed by atoms with Crippen molar-refractivity contribution in [2.75, 3.05) is 43.4 Å². The highest BCUT2D eigenvalue weighted by atomic mass is 16.4. The Bertz CT molecular complexity index is 1040. The average molecular weight is 494 g/mol. The van der Waals surface area contributed by atoms with Gasteiger partial charge in [0.05, 0.1) is 0 Å². The van der Waals surface area contributed by atoms with Gasteiger partial charge in [0.15, 0.2) is 0 Å². The Morgan fingerprint density at radius 2 is 1.97 bits per heavy atom. The molecule has 4 N–H and O–H groups in total. The number of pyridine rings is 1. The molecule has 0 spiro atoms. The van der Waals surface area contributed by atoms with Crippen molar-refractivity contribution in [2.45, 2.75) is 57.9 Å². The molecule has 2 aliphatic rings. The highest BCUT2D eigenvalue weighted by Gasteiger charge is 2.34. The molecule has 36 heavy (non-hydrogen) atoms. The molecule has 0 radical (unpaired) electrons. The molecule has 0 bridgehead atoms. The number of carboxylic acid groups (broad SMARTS) is 1. The summed E-state index contributed by atoms with van der Waals surface area (Å²) >= 11 is 0. The van der Waals surface area contributed by atoms with Crippen LogP contribution in [0.5, 0.6) is 0 Å². The monoisotopic (exact) mass is 493 g/mol. The number of hydrogen-bond donors (Lipinski definition) is 4. The zero-order chi connectivity index (χ0) is 25.3. The van der Waals surface area contributed by atoms with Crippen LogP contribution in [-0.2, 0) is 22.4 Å². The van der Waals surface area contributed by atoms with Crippen LogP contribution in [0.4, 0.5) is 11.5 Å². The van der Waals surface area contributed by atoms with Crippen LogP contribution in [0.1, 0.15) is 61.9 Å². The molecular weight excluding hydrogens is 454 g/mol. The van der Waals surface area contributed by atoms with Crippen LogP contribution in [0.15, 0.2) is 36.4 Å². The number of amides is 1. The molecular formula is C28H39N5O3. The smallest absolute Gasteiger partial charge is 0.325 e. The number of aryl methyl sites for hydroxylation is 2. The molecule has 0 aliphatic carbocycles. The second-order valence-corrected chi connectivity index (χ2v) is 9.80. The SMILES string of the molecule is CCCNc1ccccc1C(C(=O)O)N1CCC(C(=O)NCCCc2ccc3c(n2)NCCC3)CC1. The molecule has 8 nitrogen and oxygen atoms in total. The molecule has 2 aromatic rings. The van der Waals surface area contributed by atoms with Gasteiger partial charge in [0.25, 0.3) is 0 Å². The number of hydrogen-bond acceptors (Lipinski definition) is 6. The zero-order valence-electron chi connectivity index (χ0n) is 21.3. The van der Waals surface area contributed by atoms with Crippen LogP contribution in [0.3, 0.4) is 0 Å². The highest BCUT2D eigenvalue weighted by molar-refractivity contribution is 5.80. The number of carbonyl (C=O) groups is 2. The van der Waals surface area contributed by atoms with E-state index < -0.39 is 12.0 Å². The summed E-state index contributed by atoms with van der Waals surface area (Å²) in [5.74, 6) is 0.162. The van der Waals surface area contributed by atoms with Gasteiger partial charge in [0.1, 0.15) is 11.9 Å². The van der Waals surface area contributed by atoms with E-state index in [1.807, 2.05) is 29.2 Å². The first-order valence-corrected chi connectivity index (χ1v) is 13.4. The number of nitrogens with one attached hydrogen (secondary N) is 3. The third-order valence-electron chi connectivity index (χ3n) is 7.18. The predicted molar refractivity (Wildman–Crippen MR) is 142 cm³/mol. The first-order chi connectivity index (χ1) is 17.6. The van der Waals surface area contributed by atoms with Gasteiger partial charge in [0.2, 0.25) is 5.91 Å². The number of para-hydroxylation sites is 1. The van der Waals surface area contributed by atoms with Gasteiger partial charge in [-0.2, -0.15) is 0 Å². The Labute approximate surface area is 213 Å². The molecule has 1 unspecified atom stereocenters. The maximum atomic E-state index is 12.8. The minimum atomic E-state index is -0.852. The van der Waals surface area contributed by atoms with Gasteiger partial charge < -0.3 is 21.1 Å². The summed E-state index contributed by atoms with van der Waals surface area (Å²) in [5.41, 5.74) is 4.00. The van der Waals surface area contributed by atoms with Crippen LogP contribution in [0.25, 0.3) is 0 Å².